The van der Waals surface area contributed by atoms with E-state index >= 15 is 0 Å². The van der Waals surface area contributed by atoms with Gasteiger partial charge < -0.3 is 4.98 Å². The molecule has 3 heterocycles. The Hall–Kier alpha value is -4.25. The number of fused-ring (bicyclic) bond motifs is 1. The highest BCUT2D eigenvalue weighted by atomic mass is 19.1. The SMILES string of the molecule is C=C/C=C(/c1ccc(F)cc1)c1cc(-c2n[nH]c3cnc(C(/C=C(/C)C=C)=C/C)cc23)[nH]c1C. The summed E-state index contributed by atoms with van der Waals surface area (Å²) in [6.07, 6.45) is 11.4. The van der Waals surface area contributed by atoms with Crippen molar-refractivity contribution in [2.24, 2.45) is 0 Å². The largest absolute Gasteiger partial charge is 0.357 e. The highest BCUT2D eigenvalue weighted by molar-refractivity contribution is 5.95. The van der Waals surface area contributed by atoms with Crippen LogP contribution < -0.4 is 0 Å². The predicted molar refractivity (Wildman–Crippen MR) is 140 cm³/mol. The van der Waals surface area contributed by atoms with Crippen LogP contribution in [0.2, 0.25) is 0 Å². The van der Waals surface area contributed by atoms with E-state index in [1.54, 1.807) is 24.4 Å². The second-order valence-corrected chi connectivity index (χ2v) is 8.07. The molecule has 0 atom stereocenters. The normalized spacial score (nSPS) is 12.9. The van der Waals surface area contributed by atoms with Crippen LogP contribution in [0.15, 0.2) is 91.7 Å². The van der Waals surface area contributed by atoms with Gasteiger partial charge in [-0.3, -0.25) is 10.1 Å². The molecule has 0 aliphatic rings. The molecular weight excluding hydrogens is 423 g/mol. The molecule has 170 valence electrons. The Labute approximate surface area is 199 Å². The minimum atomic E-state index is -0.265. The second-order valence-electron chi connectivity index (χ2n) is 8.07. The maximum atomic E-state index is 13.5. The number of benzene rings is 1. The van der Waals surface area contributed by atoms with Crippen molar-refractivity contribution in [3.63, 3.8) is 0 Å². The van der Waals surface area contributed by atoms with E-state index in [1.165, 1.54) is 12.1 Å². The summed E-state index contributed by atoms with van der Waals surface area (Å²) < 4.78 is 13.5. The Morgan fingerprint density at radius 2 is 1.88 bits per heavy atom. The molecule has 4 aromatic rings. The monoisotopic (exact) mass is 450 g/mol. The van der Waals surface area contributed by atoms with E-state index in [1.807, 2.05) is 45.1 Å². The second kappa shape index (κ2) is 9.71. The van der Waals surface area contributed by atoms with Gasteiger partial charge in [0.1, 0.15) is 11.5 Å². The van der Waals surface area contributed by atoms with Crippen LogP contribution in [-0.4, -0.2) is 20.2 Å². The van der Waals surface area contributed by atoms with Gasteiger partial charge in [0.15, 0.2) is 0 Å². The van der Waals surface area contributed by atoms with Crippen molar-refractivity contribution in [2.45, 2.75) is 20.8 Å². The predicted octanol–water partition coefficient (Wildman–Crippen LogP) is 7.55. The van der Waals surface area contributed by atoms with Crippen LogP contribution in [-0.2, 0) is 0 Å². The fourth-order valence-electron chi connectivity index (χ4n) is 3.94. The fraction of sp³-hybridized carbons (Fsp3) is 0.103. The molecule has 0 spiro atoms. The zero-order valence-electron chi connectivity index (χ0n) is 19.6. The Bertz CT molecular complexity index is 1460. The molecular formula is C29H27FN4. The summed E-state index contributed by atoms with van der Waals surface area (Å²) in [5.74, 6) is -0.265. The lowest BCUT2D eigenvalue weighted by molar-refractivity contribution is 0.627. The van der Waals surface area contributed by atoms with Gasteiger partial charge in [-0.1, -0.05) is 61.2 Å². The molecule has 0 saturated heterocycles. The lowest BCUT2D eigenvalue weighted by Gasteiger charge is -2.07. The third-order valence-electron chi connectivity index (χ3n) is 5.76. The smallest absolute Gasteiger partial charge is 0.123 e. The number of H-pyrrole nitrogens is 2. The molecule has 34 heavy (non-hydrogen) atoms. The van der Waals surface area contributed by atoms with Gasteiger partial charge in [-0.2, -0.15) is 5.10 Å². The average molecular weight is 451 g/mol. The number of aromatic amines is 2. The Morgan fingerprint density at radius 1 is 1.12 bits per heavy atom. The third kappa shape index (κ3) is 4.46. The van der Waals surface area contributed by atoms with E-state index in [0.29, 0.717) is 0 Å². The van der Waals surface area contributed by atoms with E-state index in [0.717, 1.165) is 61.5 Å². The number of rotatable bonds is 7. The van der Waals surface area contributed by atoms with Gasteiger partial charge in [0.05, 0.1) is 23.1 Å². The van der Waals surface area contributed by atoms with Gasteiger partial charge >= 0.3 is 0 Å². The van der Waals surface area contributed by atoms with Gasteiger partial charge in [-0.15, -0.1) is 0 Å². The van der Waals surface area contributed by atoms with Crippen LogP contribution in [0.5, 0.6) is 0 Å². The third-order valence-corrected chi connectivity index (χ3v) is 5.76. The highest BCUT2D eigenvalue weighted by Crippen LogP contribution is 2.33. The first-order valence-electron chi connectivity index (χ1n) is 11.1. The number of halogens is 1. The lowest BCUT2D eigenvalue weighted by atomic mass is 9.97. The number of allylic oxidation sites excluding steroid dienone is 7. The maximum absolute atomic E-state index is 13.5. The van der Waals surface area contributed by atoms with Crippen molar-refractivity contribution in [3.05, 3.63) is 120 Å². The Kier molecular flexibility index (Phi) is 6.55. The van der Waals surface area contributed by atoms with E-state index in [-0.39, 0.29) is 5.82 Å². The zero-order valence-corrected chi connectivity index (χ0v) is 19.6. The molecule has 2 N–H and O–H groups in total. The van der Waals surface area contributed by atoms with Crippen molar-refractivity contribution in [2.75, 3.05) is 0 Å². The maximum Gasteiger partial charge on any atom is 0.123 e. The summed E-state index contributed by atoms with van der Waals surface area (Å²) in [5, 5.41) is 8.63. The zero-order chi connectivity index (χ0) is 24.2. The van der Waals surface area contributed by atoms with Crippen molar-refractivity contribution >= 4 is 22.0 Å². The number of nitrogens with one attached hydrogen (secondary N) is 2. The van der Waals surface area contributed by atoms with Crippen molar-refractivity contribution < 1.29 is 4.39 Å². The molecule has 0 fully saturated rings. The Morgan fingerprint density at radius 3 is 2.56 bits per heavy atom. The molecule has 0 aliphatic carbocycles. The van der Waals surface area contributed by atoms with E-state index < -0.39 is 0 Å². The Balaban J connectivity index is 1.81. The number of nitrogens with zero attached hydrogens (tertiary/aromatic N) is 2. The molecule has 1 aromatic carbocycles. The molecule has 4 rings (SSSR count). The van der Waals surface area contributed by atoms with Crippen LogP contribution in [0, 0.1) is 12.7 Å². The lowest BCUT2D eigenvalue weighted by Crippen LogP contribution is -1.89. The summed E-state index contributed by atoms with van der Waals surface area (Å²) in [6.45, 7) is 13.7. The summed E-state index contributed by atoms with van der Waals surface area (Å²) in [5.41, 5.74) is 9.35. The molecule has 0 saturated carbocycles. The first-order chi connectivity index (χ1) is 16.4. The first kappa shape index (κ1) is 22.9. The quantitative estimate of drug-likeness (QED) is 0.286. The van der Waals surface area contributed by atoms with Crippen LogP contribution >= 0.6 is 0 Å². The minimum absolute atomic E-state index is 0.265. The summed E-state index contributed by atoms with van der Waals surface area (Å²) in [4.78, 5) is 8.09. The molecule has 5 heteroatoms. The molecule has 0 bridgehead atoms. The minimum Gasteiger partial charge on any atom is -0.357 e. The number of hydrogen-bond acceptors (Lipinski definition) is 2. The number of aryl methyl sites for hydroxylation is 1. The number of pyridine rings is 1. The molecule has 0 amide bonds. The first-order valence-corrected chi connectivity index (χ1v) is 11.1. The average Bonchev–Trinajstić information content (AvgIpc) is 3.44. The fourth-order valence-corrected chi connectivity index (χ4v) is 3.94. The number of aromatic nitrogens is 4. The van der Waals surface area contributed by atoms with Gasteiger partial charge in [0.25, 0.3) is 0 Å². The van der Waals surface area contributed by atoms with Crippen LogP contribution in [0.25, 0.3) is 33.4 Å². The molecule has 0 radical (unpaired) electrons. The number of hydrogen-bond donors (Lipinski definition) is 2. The summed E-state index contributed by atoms with van der Waals surface area (Å²) >= 11 is 0. The standard InChI is InChI=1S/C29H27FN4/c1-6-9-23(21-10-12-22(30)13-11-21)24-15-27(32-19(24)5)29-25-16-26(31-17-28(25)33-34-29)20(8-3)14-18(4)7-2/h6-17,32H,1-2H2,3-5H3,(H,33,34)/b18-14-,20-8+,23-9-. The van der Waals surface area contributed by atoms with E-state index in [2.05, 4.69) is 45.5 Å². The van der Waals surface area contributed by atoms with E-state index in [4.69, 9.17) is 0 Å². The van der Waals surface area contributed by atoms with E-state index in [9.17, 15) is 4.39 Å². The van der Waals surface area contributed by atoms with Gasteiger partial charge in [-0.05, 0) is 61.7 Å². The van der Waals surface area contributed by atoms with Crippen molar-refractivity contribution in [3.8, 4) is 11.4 Å². The van der Waals surface area contributed by atoms with Crippen LogP contribution in [0.1, 0.15) is 36.4 Å². The molecule has 4 nitrogen and oxygen atoms in total. The van der Waals surface area contributed by atoms with Crippen molar-refractivity contribution in [1.29, 1.82) is 0 Å². The van der Waals surface area contributed by atoms with Crippen LogP contribution in [0.4, 0.5) is 4.39 Å². The molecule has 3 aromatic heterocycles. The highest BCUT2D eigenvalue weighted by Gasteiger charge is 2.17. The molecule has 0 aliphatic heterocycles. The van der Waals surface area contributed by atoms with Gasteiger partial charge in [0.2, 0.25) is 0 Å². The van der Waals surface area contributed by atoms with Crippen LogP contribution in [0.3, 0.4) is 0 Å². The van der Waals surface area contributed by atoms with Gasteiger partial charge in [0, 0.05) is 16.6 Å². The summed E-state index contributed by atoms with van der Waals surface area (Å²) in [6, 6.07) is 10.6. The van der Waals surface area contributed by atoms with Gasteiger partial charge in [-0.25, -0.2) is 4.39 Å². The summed E-state index contributed by atoms with van der Waals surface area (Å²) in [7, 11) is 0. The van der Waals surface area contributed by atoms with Crippen molar-refractivity contribution in [1.82, 2.24) is 20.2 Å². The molecule has 0 unspecified atom stereocenters. The topological polar surface area (TPSA) is 57.4 Å².